The monoisotopic (exact) mass is 1800 g/mol. The van der Waals surface area contributed by atoms with Gasteiger partial charge in [0.2, 0.25) is 0 Å². The number of carboxylic acid groups (broad SMARTS) is 1. The molecule has 15 rings (SSSR count). The minimum absolute atomic E-state index is 0. The van der Waals surface area contributed by atoms with Crippen molar-refractivity contribution in [1.29, 1.82) is 0 Å². The van der Waals surface area contributed by atoms with Gasteiger partial charge in [0.1, 0.15) is 42.8 Å². The molecule has 0 radical (unpaired) electrons. The number of nitrogens with one attached hydrogen (secondary N) is 4. The Morgan fingerprint density at radius 1 is 0.390 bits per heavy atom. The average molecular weight is 1810 g/mol. The number of carbonyl (C=O) groups excluding carboxylic acids is 3. The molecule has 15 aromatic rings. The maximum Gasteiger partial charge on any atom is 1.00 e. The van der Waals surface area contributed by atoms with Gasteiger partial charge in [-0.25, -0.2) is 0 Å². The molecule has 28 heteroatoms. The van der Waals surface area contributed by atoms with Crippen LogP contribution in [0, 0.1) is 0 Å². The largest absolute Gasteiger partial charge is 1.00 e. The summed E-state index contributed by atoms with van der Waals surface area (Å²) in [6, 6.07) is 77.1. The topological polar surface area (TPSA) is 396 Å². The van der Waals surface area contributed by atoms with Gasteiger partial charge in [-0.1, -0.05) is 133 Å². The van der Waals surface area contributed by atoms with Gasteiger partial charge in [0.05, 0.1) is 74.2 Å². The number of aliphatic carboxylic acids is 1. The third kappa shape index (κ3) is 29.2. The Morgan fingerprint density at radius 2 is 0.724 bits per heavy atom. The molecule has 0 aliphatic rings. The molecule has 23 nitrogen and oxygen atoms in total. The van der Waals surface area contributed by atoms with Crippen LogP contribution in [0.25, 0.3) is 65.9 Å². The molecule has 11 aromatic carbocycles. The van der Waals surface area contributed by atoms with Crippen LogP contribution < -0.4 is 55.7 Å². The average Bonchev–Trinajstić information content (AvgIpc) is 1.69. The van der Waals surface area contributed by atoms with Crippen LogP contribution in [0.5, 0.6) is 23.0 Å². The number of aromatic nitrogens is 4. The quantitative estimate of drug-likeness (QED) is 0.0129. The fourth-order valence-electron chi connectivity index (χ4n) is 13.0. The number of phenols is 1. The van der Waals surface area contributed by atoms with E-state index < -0.39 is 13.1 Å². The van der Waals surface area contributed by atoms with Crippen LogP contribution in [0.4, 0.5) is 0 Å². The second-order valence-electron chi connectivity index (χ2n) is 27.3. The van der Waals surface area contributed by atoms with Crippen molar-refractivity contribution in [3.63, 3.8) is 0 Å². The van der Waals surface area contributed by atoms with Crippen molar-refractivity contribution in [2.75, 3.05) is 19.8 Å². The summed E-state index contributed by atoms with van der Waals surface area (Å²) in [4.78, 5) is 58.7. The molecule has 0 saturated heterocycles. The van der Waals surface area contributed by atoms with Crippen molar-refractivity contribution in [2.24, 2.45) is 17.2 Å². The predicted octanol–water partition coefficient (Wildman–Crippen LogP) is 14.1. The molecule has 0 unspecified atom stereocenters. The fraction of sp³-hybridized carbons (Fsp3) is 0.179. The number of para-hydroxylation sites is 4. The van der Waals surface area contributed by atoms with E-state index in [4.69, 9.17) is 65.9 Å². The van der Waals surface area contributed by atoms with Crippen LogP contribution in [0.3, 0.4) is 0 Å². The number of phenolic OH excluding ortho intramolecular Hbond substituents is 1. The number of rotatable bonds is 27. The molecule has 0 saturated carbocycles. The number of ether oxygens (including phenoxy) is 6. The number of aromatic amines is 4. The molecular formula is C95H98BBr2ClLiN7O16. The Morgan fingerprint density at radius 3 is 1.11 bits per heavy atom. The van der Waals surface area contributed by atoms with Gasteiger partial charge < -0.3 is 96.4 Å². The van der Waals surface area contributed by atoms with Gasteiger partial charge in [0.25, 0.3) is 0 Å². The Balaban J connectivity index is 0.000000211. The number of aliphatic hydroxyl groups excluding tert-OH is 1. The van der Waals surface area contributed by atoms with Crippen LogP contribution in [0.1, 0.15) is 82.0 Å². The van der Waals surface area contributed by atoms with Crippen LogP contribution in [-0.2, 0) is 105 Å². The first-order chi connectivity index (χ1) is 58.3. The molecule has 0 fully saturated rings. The van der Waals surface area contributed by atoms with Gasteiger partial charge in [0, 0.05) is 108 Å². The van der Waals surface area contributed by atoms with Gasteiger partial charge in [-0.2, -0.15) is 0 Å². The summed E-state index contributed by atoms with van der Waals surface area (Å²) in [5.41, 5.74) is 36.2. The van der Waals surface area contributed by atoms with E-state index in [1.165, 1.54) is 0 Å². The smallest absolute Gasteiger partial charge is 0.870 e. The SMILES string of the molecule is CCOC(=O)Cc1ccccc1O.CCOC(=O)Cc1ccccc1OCc1cc(-c2cccc(CN)c2)c2[nH]ccc2c1.CCOC(=O)Cc1ccccc1OCc1cc(Br)c2[nH]ccc2c1.Cl.NCc1cccc(-c2cc(COc3ccccc3CC(=O)O)cc3cc[nH]c23)c1.NCc1cccc(B(O)O)c1.OCc1cc(Br)c2[nH]ccc2c1.[Li+].[OH-]. The van der Waals surface area contributed by atoms with E-state index >= 15 is 0 Å². The molecule has 0 bridgehead atoms. The summed E-state index contributed by atoms with van der Waals surface area (Å²) >= 11 is 6.99. The summed E-state index contributed by atoms with van der Waals surface area (Å²) < 4.78 is 34.9. The van der Waals surface area contributed by atoms with Crippen LogP contribution >= 0.6 is 44.3 Å². The van der Waals surface area contributed by atoms with E-state index in [0.717, 1.165) is 125 Å². The zero-order valence-corrected chi connectivity index (χ0v) is 72.5. The normalized spacial score (nSPS) is 10.4. The van der Waals surface area contributed by atoms with Crippen LogP contribution in [0.2, 0.25) is 0 Å². The fourth-order valence-corrected chi connectivity index (χ4v) is 14.3. The standard InChI is InChI=1S/C26H26N2O3.C24H22N2O3.C19H18BrNO3.C10H12O3.C9H8BrNO.C7H10BNO2.ClH.Li.H2O/c1-2-30-25(29)15-21-7-3-4-9-24(21)31-17-19-13-22-10-11-28-26(22)23(14-19)20-8-5-6-18(12-20)16-27;25-14-16-4-3-6-18(10-16)21-12-17(11-20-8-9-26-24(20)21)15-29-22-7-2-1-5-19(22)13-23(27)28;1-2-23-18(22)11-14-5-3-4-6-17(14)24-12-13-9-15-7-8-21-19(15)16(20)10-13;1-2-13-10(12)7-8-5-3-4-6-9(8)11;10-8-4-6(5-12)3-7-1-2-11-9(7)8;9-5-6-2-1-3-7(4-6)8(10)11;;;/h3-14,28H,2,15-17,27H2,1H3;1-12,26H,13-15,25H2,(H,27,28);3-10,21H,2,11-12H2,1H3;3-6,11H,2,7H2,1H3;1-4,11-12H,5H2;1-4,10-11H,5,9H2;1H;;1H2/q;;;;;;;+1;/p-1. The van der Waals surface area contributed by atoms with E-state index in [1.807, 2.05) is 152 Å². The minimum Gasteiger partial charge on any atom is -0.870 e. The van der Waals surface area contributed by atoms with Crippen molar-refractivity contribution in [3.8, 4) is 45.3 Å². The number of hydrogen-bond acceptors (Lipinski definition) is 18. The molecule has 0 aliphatic heterocycles. The Labute approximate surface area is 748 Å². The molecule has 4 aromatic heterocycles. The van der Waals surface area contributed by atoms with Gasteiger partial charge in [0.15, 0.2) is 0 Å². The number of hydrogen-bond donors (Lipinski definition) is 12. The first-order valence-electron chi connectivity index (χ1n) is 38.9. The molecule has 0 amide bonds. The predicted molar refractivity (Wildman–Crippen MR) is 487 cm³/mol. The Kier molecular flexibility index (Phi) is 40.5. The molecule has 0 atom stereocenters. The summed E-state index contributed by atoms with van der Waals surface area (Å²) in [5.74, 6) is 0.429. The maximum absolute atomic E-state index is 11.9. The van der Waals surface area contributed by atoms with Crippen molar-refractivity contribution in [3.05, 3.63) is 338 Å². The second-order valence-corrected chi connectivity index (χ2v) is 29.0. The van der Waals surface area contributed by atoms with E-state index in [0.29, 0.717) is 93.1 Å². The van der Waals surface area contributed by atoms with E-state index in [9.17, 15) is 24.3 Å². The van der Waals surface area contributed by atoms with Crippen molar-refractivity contribution < 1.29 is 97.3 Å². The minimum atomic E-state index is -1.40. The number of nitrogens with two attached hydrogens (primary N) is 3. The van der Waals surface area contributed by atoms with Crippen molar-refractivity contribution in [2.45, 2.75) is 92.5 Å². The van der Waals surface area contributed by atoms with Gasteiger partial charge in [-0.3, -0.25) is 19.2 Å². The number of benzene rings is 11. The zero-order chi connectivity index (χ0) is 85.3. The van der Waals surface area contributed by atoms with Gasteiger partial charge in [-0.15, -0.1) is 12.4 Å². The number of carboxylic acids is 1. The van der Waals surface area contributed by atoms with Crippen molar-refractivity contribution >= 4 is 124 Å². The molecule has 0 spiro atoms. The first-order valence-corrected chi connectivity index (χ1v) is 40.5. The zero-order valence-electron chi connectivity index (χ0n) is 68.5. The van der Waals surface area contributed by atoms with Gasteiger partial charge >= 0.3 is 49.9 Å². The first kappa shape index (κ1) is 98.4. The number of H-pyrrole nitrogens is 4. The summed E-state index contributed by atoms with van der Waals surface area (Å²) in [7, 11) is -1.40. The van der Waals surface area contributed by atoms with Crippen LogP contribution in [-0.4, -0.2) is 102 Å². The maximum atomic E-state index is 11.9. The third-order valence-corrected chi connectivity index (χ3v) is 20.0. The van der Waals surface area contributed by atoms with E-state index in [-0.39, 0.29) is 92.7 Å². The van der Waals surface area contributed by atoms with Crippen LogP contribution in [0.15, 0.2) is 276 Å². The number of esters is 3. The van der Waals surface area contributed by atoms with Crippen molar-refractivity contribution in [1.82, 2.24) is 19.9 Å². The van der Waals surface area contributed by atoms with E-state index in [1.54, 1.807) is 75.4 Å². The van der Waals surface area contributed by atoms with Gasteiger partial charge in [-0.05, 0) is 217 Å². The summed E-state index contributed by atoms with van der Waals surface area (Å²) in [6.07, 6.45) is 8.13. The number of aliphatic hydroxyl groups is 1. The second kappa shape index (κ2) is 50.6. The Bertz CT molecular complexity index is 5900. The molecule has 4 heterocycles. The Hall–Kier alpha value is -11.7. The molecular weight excluding hydrogens is 1710 g/mol. The number of carbonyl (C=O) groups is 4. The molecule has 634 valence electrons. The summed E-state index contributed by atoms with van der Waals surface area (Å²) in [6.45, 7) is 9.14. The number of halogens is 3. The third-order valence-electron chi connectivity index (χ3n) is 18.7. The van der Waals surface area contributed by atoms with E-state index in [2.05, 4.69) is 112 Å². The molecule has 123 heavy (non-hydrogen) atoms. The number of aromatic hydroxyl groups is 1. The summed E-state index contributed by atoms with van der Waals surface area (Å²) in [5, 5.41) is 49.3. The molecule has 0 aliphatic carbocycles. The number of fused-ring (bicyclic) bond motifs is 4. The molecule has 16 N–H and O–H groups in total.